The van der Waals surface area contributed by atoms with Crippen LogP contribution in [0.1, 0.15) is 5.56 Å². The molecule has 1 amide bonds. The fourth-order valence-corrected chi connectivity index (χ4v) is 3.40. The van der Waals surface area contributed by atoms with Crippen LogP contribution in [0.3, 0.4) is 0 Å². The van der Waals surface area contributed by atoms with Gasteiger partial charge in [-0.2, -0.15) is 0 Å². The molecule has 0 fully saturated rings. The molecular formula is C20H17N5O2S. The van der Waals surface area contributed by atoms with Crippen LogP contribution in [-0.2, 0) is 11.3 Å². The predicted molar refractivity (Wildman–Crippen MR) is 106 cm³/mol. The molecule has 0 spiro atoms. The highest BCUT2D eigenvalue weighted by atomic mass is 32.2. The Balaban J connectivity index is 1.49. The number of thioether (sulfide) groups is 1. The van der Waals surface area contributed by atoms with Gasteiger partial charge in [-0.25, -0.2) is 0 Å². The highest BCUT2D eigenvalue weighted by Crippen LogP contribution is 2.28. The largest absolute Gasteiger partial charge is 0.461 e. The summed E-state index contributed by atoms with van der Waals surface area (Å²) in [4.78, 5) is 16.3. The Morgan fingerprint density at radius 1 is 1.07 bits per heavy atom. The number of nitrogens with zero attached hydrogens (tertiary/aromatic N) is 4. The zero-order valence-electron chi connectivity index (χ0n) is 14.9. The van der Waals surface area contributed by atoms with E-state index in [4.69, 9.17) is 4.42 Å². The first-order valence-corrected chi connectivity index (χ1v) is 9.63. The summed E-state index contributed by atoms with van der Waals surface area (Å²) in [6.45, 7) is 0.441. The van der Waals surface area contributed by atoms with E-state index >= 15 is 0 Å². The van der Waals surface area contributed by atoms with Gasteiger partial charge in [0.1, 0.15) is 0 Å². The molecule has 0 aliphatic rings. The number of carbonyl (C=O) groups excluding carboxylic acids is 1. The second-order valence-corrected chi connectivity index (χ2v) is 6.82. The molecule has 3 aromatic heterocycles. The van der Waals surface area contributed by atoms with Gasteiger partial charge in [0.05, 0.1) is 12.0 Å². The molecule has 0 saturated heterocycles. The molecule has 0 atom stereocenters. The lowest BCUT2D eigenvalue weighted by molar-refractivity contribution is -0.118. The highest BCUT2D eigenvalue weighted by molar-refractivity contribution is 7.99. The summed E-state index contributed by atoms with van der Waals surface area (Å²) in [5.41, 5.74) is 1.85. The molecule has 0 radical (unpaired) electrons. The number of amides is 1. The number of benzene rings is 1. The molecule has 0 aliphatic heterocycles. The topological polar surface area (TPSA) is 85.8 Å². The van der Waals surface area contributed by atoms with Crippen molar-refractivity contribution in [1.29, 1.82) is 0 Å². The van der Waals surface area contributed by atoms with Crippen LogP contribution < -0.4 is 5.32 Å². The predicted octanol–water partition coefficient (Wildman–Crippen LogP) is 3.33. The summed E-state index contributed by atoms with van der Waals surface area (Å²) < 4.78 is 7.38. The molecular weight excluding hydrogens is 374 g/mol. The average molecular weight is 391 g/mol. The maximum atomic E-state index is 12.2. The number of aromatic nitrogens is 4. The first kappa shape index (κ1) is 18.0. The van der Waals surface area contributed by atoms with E-state index in [0.29, 0.717) is 23.3 Å². The first-order chi connectivity index (χ1) is 13.8. The van der Waals surface area contributed by atoms with Crippen LogP contribution in [0.4, 0.5) is 0 Å². The van der Waals surface area contributed by atoms with Gasteiger partial charge in [-0.15, -0.1) is 10.2 Å². The zero-order valence-corrected chi connectivity index (χ0v) is 15.7. The third-order valence-electron chi connectivity index (χ3n) is 3.93. The van der Waals surface area contributed by atoms with Gasteiger partial charge in [0, 0.05) is 24.6 Å². The summed E-state index contributed by atoms with van der Waals surface area (Å²) in [7, 11) is 0. The van der Waals surface area contributed by atoms with Crippen molar-refractivity contribution >= 4 is 17.7 Å². The van der Waals surface area contributed by atoms with E-state index in [1.54, 1.807) is 24.7 Å². The van der Waals surface area contributed by atoms with Crippen LogP contribution in [0.25, 0.3) is 17.3 Å². The smallest absolute Gasteiger partial charge is 0.230 e. The number of hydrogen-bond acceptors (Lipinski definition) is 6. The van der Waals surface area contributed by atoms with Gasteiger partial charge < -0.3 is 9.73 Å². The molecule has 0 unspecified atom stereocenters. The lowest BCUT2D eigenvalue weighted by Gasteiger charge is -2.09. The summed E-state index contributed by atoms with van der Waals surface area (Å²) in [6.07, 6.45) is 5.03. The Kier molecular flexibility index (Phi) is 5.48. The minimum absolute atomic E-state index is 0.0870. The molecule has 1 aromatic carbocycles. The van der Waals surface area contributed by atoms with Crippen LogP contribution in [0.15, 0.2) is 82.8 Å². The number of rotatable bonds is 7. The number of nitrogens with one attached hydrogen (secondary N) is 1. The molecule has 1 N–H and O–H groups in total. The van der Waals surface area contributed by atoms with Crippen molar-refractivity contribution in [2.45, 2.75) is 11.7 Å². The van der Waals surface area contributed by atoms with Crippen molar-refractivity contribution in [2.24, 2.45) is 0 Å². The van der Waals surface area contributed by atoms with Crippen LogP contribution >= 0.6 is 11.8 Å². The maximum Gasteiger partial charge on any atom is 0.230 e. The molecule has 8 heteroatoms. The molecule has 3 heterocycles. The van der Waals surface area contributed by atoms with Crippen molar-refractivity contribution in [2.75, 3.05) is 5.75 Å². The van der Waals surface area contributed by atoms with E-state index in [9.17, 15) is 4.79 Å². The number of pyridine rings is 1. The molecule has 0 saturated carbocycles. The standard InChI is InChI=1S/C20H17N5O2S/c26-18(22-13-15-6-4-10-21-12-15)14-28-20-24-23-19(17-9-5-11-27-17)25(20)16-7-2-1-3-8-16/h1-12H,13-14H2,(H,22,26). The van der Waals surface area contributed by atoms with E-state index in [-0.39, 0.29) is 11.7 Å². The van der Waals surface area contributed by atoms with Gasteiger partial charge in [0.2, 0.25) is 11.7 Å². The first-order valence-electron chi connectivity index (χ1n) is 8.64. The number of carbonyl (C=O) groups is 1. The van der Waals surface area contributed by atoms with Gasteiger partial charge in [-0.05, 0) is 35.9 Å². The van der Waals surface area contributed by atoms with E-state index in [1.807, 2.05) is 53.1 Å². The number of para-hydroxylation sites is 1. The molecule has 140 valence electrons. The Bertz CT molecular complexity index is 1030. The second kappa shape index (κ2) is 8.53. The fraction of sp³-hybridized carbons (Fsp3) is 0.100. The van der Waals surface area contributed by atoms with Crippen molar-refractivity contribution in [3.63, 3.8) is 0 Å². The number of furan rings is 1. The van der Waals surface area contributed by atoms with Crippen molar-refractivity contribution in [1.82, 2.24) is 25.1 Å². The van der Waals surface area contributed by atoms with Gasteiger partial charge >= 0.3 is 0 Å². The molecule has 4 aromatic rings. The SMILES string of the molecule is O=C(CSc1nnc(-c2ccco2)n1-c1ccccc1)NCc1cccnc1. The fourth-order valence-electron chi connectivity index (χ4n) is 2.62. The lowest BCUT2D eigenvalue weighted by atomic mass is 10.3. The summed E-state index contributed by atoms with van der Waals surface area (Å²) >= 11 is 1.32. The molecule has 4 rings (SSSR count). The minimum atomic E-state index is -0.0870. The Morgan fingerprint density at radius 3 is 2.71 bits per heavy atom. The molecule has 0 bridgehead atoms. The monoisotopic (exact) mass is 391 g/mol. The quantitative estimate of drug-likeness (QED) is 0.486. The van der Waals surface area contributed by atoms with Gasteiger partial charge in [0.25, 0.3) is 0 Å². The van der Waals surface area contributed by atoms with E-state index in [0.717, 1.165) is 11.3 Å². The van der Waals surface area contributed by atoms with Crippen LogP contribution in [0, 0.1) is 0 Å². The van der Waals surface area contributed by atoms with Crippen molar-refractivity contribution in [3.05, 3.63) is 78.8 Å². The van der Waals surface area contributed by atoms with Crippen LogP contribution in [0.5, 0.6) is 0 Å². The van der Waals surface area contributed by atoms with E-state index in [2.05, 4.69) is 20.5 Å². The minimum Gasteiger partial charge on any atom is -0.461 e. The van der Waals surface area contributed by atoms with E-state index < -0.39 is 0 Å². The maximum absolute atomic E-state index is 12.2. The Hall–Kier alpha value is -3.39. The molecule has 0 aliphatic carbocycles. The van der Waals surface area contributed by atoms with Gasteiger partial charge in [-0.3, -0.25) is 14.3 Å². The summed E-state index contributed by atoms with van der Waals surface area (Å²) in [5.74, 6) is 1.35. The zero-order chi connectivity index (χ0) is 19.2. The second-order valence-electron chi connectivity index (χ2n) is 5.88. The van der Waals surface area contributed by atoms with Crippen LogP contribution in [-0.4, -0.2) is 31.4 Å². The highest BCUT2D eigenvalue weighted by Gasteiger charge is 2.18. The normalized spacial score (nSPS) is 10.7. The van der Waals surface area contributed by atoms with Crippen LogP contribution in [0.2, 0.25) is 0 Å². The summed E-state index contributed by atoms with van der Waals surface area (Å²) in [6, 6.07) is 17.1. The van der Waals surface area contributed by atoms with Crippen molar-refractivity contribution < 1.29 is 9.21 Å². The van der Waals surface area contributed by atoms with E-state index in [1.165, 1.54) is 11.8 Å². The Morgan fingerprint density at radius 2 is 1.96 bits per heavy atom. The molecule has 7 nitrogen and oxygen atoms in total. The van der Waals surface area contributed by atoms with Gasteiger partial charge in [-0.1, -0.05) is 36.0 Å². The lowest BCUT2D eigenvalue weighted by Crippen LogP contribution is -2.24. The molecule has 28 heavy (non-hydrogen) atoms. The average Bonchev–Trinajstić information content (AvgIpc) is 3.41. The number of hydrogen-bond donors (Lipinski definition) is 1. The third kappa shape index (κ3) is 4.12. The third-order valence-corrected chi connectivity index (χ3v) is 4.86. The van der Waals surface area contributed by atoms with Gasteiger partial charge in [0.15, 0.2) is 10.9 Å². The van der Waals surface area contributed by atoms with Crippen molar-refractivity contribution in [3.8, 4) is 17.3 Å². The Labute approximate surface area is 165 Å². The summed E-state index contributed by atoms with van der Waals surface area (Å²) in [5, 5.41) is 12.0.